The van der Waals surface area contributed by atoms with Crippen molar-refractivity contribution in [3.8, 4) is 11.5 Å². The van der Waals surface area contributed by atoms with Crippen molar-refractivity contribution in [3.05, 3.63) is 53.6 Å². The lowest BCUT2D eigenvalue weighted by atomic mass is 10.1. The van der Waals surface area contributed by atoms with Gasteiger partial charge >= 0.3 is 0 Å². The molecule has 0 fully saturated rings. The van der Waals surface area contributed by atoms with Crippen molar-refractivity contribution in [1.82, 2.24) is 0 Å². The number of rotatable bonds is 5. The Morgan fingerprint density at radius 2 is 2.00 bits per heavy atom. The van der Waals surface area contributed by atoms with Crippen molar-refractivity contribution in [2.45, 2.75) is 0 Å². The summed E-state index contributed by atoms with van der Waals surface area (Å²) in [6.07, 6.45) is 0.735. The first-order chi connectivity index (χ1) is 11.2. The van der Waals surface area contributed by atoms with Crippen molar-refractivity contribution in [3.63, 3.8) is 0 Å². The Morgan fingerprint density at radius 1 is 1.22 bits per heavy atom. The SMILES string of the molecule is O=Cc1ccc(OCC(=O)c2ccc3c(c2)NC(=O)CO3)cc1. The summed E-state index contributed by atoms with van der Waals surface area (Å²) in [6, 6.07) is 11.3. The van der Waals surface area contributed by atoms with Gasteiger partial charge in [-0.1, -0.05) is 0 Å². The topological polar surface area (TPSA) is 81.7 Å². The maximum atomic E-state index is 12.2. The van der Waals surface area contributed by atoms with Crippen LogP contribution in [0.1, 0.15) is 20.7 Å². The standard InChI is InChI=1S/C17H13NO5/c19-8-11-1-4-13(5-2-11)22-9-15(20)12-3-6-16-14(7-12)18-17(21)10-23-16/h1-8H,9-10H2,(H,18,21). The summed E-state index contributed by atoms with van der Waals surface area (Å²) in [5.41, 5.74) is 1.43. The zero-order valence-corrected chi connectivity index (χ0v) is 12.1. The van der Waals surface area contributed by atoms with Gasteiger partial charge in [0.15, 0.2) is 19.0 Å². The van der Waals surface area contributed by atoms with E-state index in [4.69, 9.17) is 9.47 Å². The fourth-order valence-electron chi connectivity index (χ4n) is 2.13. The Morgan fingerprint density at radius 3 is 2.74 bits per heavy atom. The number of benzene rings is 2. The monoisotopic (exact) mass is 311 g/mol. The highest BCUT2D eigenvalue weighted by atomic mass is 16.5. The fourth-order valence-corrected chi connectivity index (χ4v) is 2.13. The molecule has 0 aliphatic carbocycles. The van der Waals surface area contributed by atoms with Crippen LogP contribution >= 0.6 is 0 Å². The first-order valence-electron chi connectivity index (χ1n) is 6.93. The van der Waals surface area contributed by atoms with Crippen LogP contribution in [-0.4, -0.2) is 31.2 Å². The average molecular weight is 311 g/mol. The number of amides is 1. The van der Waals surface area contributed by atoms with E-state index < -0.39 is 0 Å². The number of ether oxygens (including phenoxy) is 2. The molecule has 6 nitrogen and oxygen atoms in total. The zero-order chi connectivity index (χ0) is 16.2. The van der Waals surface area contributed by atoms with E-state index >= 15 is 0 Å². The van der Waals surface area contributed by atoms with E-state index in [-0.39, 0.29) is 24.9 Å². The summed E-state index contributed by atoms with van der Waals surface area (Å²) in [7, 11) is 0. The van der Waals surface area contributed by atoms with Crippen molar-refractivity contribution in [2.24, 2.45) is 0 Å². The number of Topliss-reactive ketones (excluding diaryl/α,β-unsaturated/α-hetero) is 1. The molecule has 0 saturated heterocycles. The van der Waals surface area contributed by atoms with Crippen LogP contribution in [0.15, 0.2) is 42.5 Å². The highest BCUT2D eigenvalue weighted by Gasteiger charge is 2.18. The van der Waals surface area contributed by atoms with Gasteiger partial charge in [-0.15, -0.1) is 0 Å². The average Bonchev–Trinajstić information content (AvgIpc) is 2.59. The van der Waals surface area contributed by atoms with E-state index in [1.54, 1.807) is 42.5 Å². The van der Waals surface area contributed by atoms with Gasteiger partial charge in [-0.25, -0.2) is 0 Å². The minimum absolute atomic E-state index is 0.0276. The summed E-state index contributed by atoms with van der Waals surface area (Å²) in [4.78, 5) is 34.0. The predicted octanol–water partition coefficient (Wildman–Crippen LogP) is 2.09. The maximum Gasteiger partial charge on any atom is 0.262 e. The van der Waals surface area contributed by atoms with Gasteiger partial charge in [-0.2, -0.15) is 0 Å². The van der Waals surface area contributed by atoms with Crippen LogP contribution in [0.4, 0.5) is 5.69 Å². The molecule has 23 heavy (non-hydrogen) atoms. The molecular weight excluding hydrogens is 298 g/mol. The van der Waals surface area contributed by atoms with Crippen LogP contribution in [0.5, 0.6) is 11.5 Å². The molecule has 2 aromatic carbocycles. The van der Waals surface area contributed by atoms with Crippen LogP contribution in [0.25, 0.3) is 0 Å². The molecule has 0 unspecified atom stereocenters. The van der Waals surface area contributed by atoms with Crippen LogP contribution in [-0.2, 0) is 4.79 Å². The third kappa shape index (κ3) is 3.37. The number of hydrogen-bond acceptors (Lipinski definition) is 5. The van der Waals surface area contributed by atoms with E-state index in [0.717, 1.165) is 6.29 Å². The van der Waals surface area contributed by atoms with Gasteiger partial charge < -0.3 is 14.8 Å². The van der Waals surface area contributed by atoms with E-state index in [2.05, 4.69) is 5.32 Å². The Labute approximate surface area is 132 Å². The molecule has 0 bridgehead atoms. The molecule has 1 aliphatic rings. The summed E-state index contributed by atoms with van der Waals surface area (Å²) >= 11 is 0. The van der Waals surface area contributed by atoms with E-state index in [1.165, 1.54) is 0 Å². The second-order valence-corrected chi connectivity index (χ2v) is 4.95. The van der Waals surface area contributed by atoms with Crippen molar-refractivity contribution in [1.29, 1.82) is 0 Å². The minimum Gasteiger partial charge on any atom is -0.485 e. The Hall–Kier alpha value is -3.15. The molecule has 3 rings (SSSR count). The Kier molecular flexibility index (Phi) is 4.05. The lowest BCUT2D eigenvalue weighted by molar-refractivity contribution is -0.118. The zero-order valence-electron chi connectivity index (χ0n) is 12.1. The summed E-state index contributed by atoms with van der Waals surface area (Å²) in [5.74, 6) is 0.547. The van der Waals surface area contributed by atoms with Gasteiger partial charge in [0, 0.05) is 11.1 Å². The molecule has 0 aromatic heterocycles. The molecule has 1 aliphatic heterocycles. The summed E-state index contributed by atoms with van der Waals surface area (Å²) < 4.78 is 10.6. The lowest BCUT2D eigenvalue weighted by Crippen LogP contribution is -2.25. The quantitative estimate of drug-likeness (QED) is 0.675. The first kappa shape index (κ1) is 14.8. The smallest absolute Gasteiger partial charge is 0.262 e. The summed E-state index contributed by atoms with van der Waals surface area (Å²) in [5, 5.41) is 2.65. The molecule has 1 N–H and O–H groups in total. The summed E-state index contributed by atoms with van der Waals surface area (Å²) in [6.45, 7) is -0.172. The third-order valence-corrected chi connectivity index (χ3v) is 3.32. The van der Waals surface area contributed by atoms with Crippen molar-refractivity contribution < 1.29 is 23.9 Å². The van der Waals surface area contributed by atoms with E-state index in [9.17, 15) is 14.4 Å². The van der Waals surface area contributed by atoms with Gasteiger partial charge in [0.05, 0.1) is 5.69 Å². The first-order valence-corrected chi connectivity index (χ1v) is 6.93. The number of aldehydes is 1. The van der Waals surface area contributed by atoms with Gasteiger partial charge in [0.2, 0.25) is 0 Å². The van der Waals surface area contributed by atoms with Gasteiger partial charge in [0.25, 0.3) is 5.91 Å². The Balaban J connectivity index is 1.67. The molecule has 1 amide bonds. The molecule has 2 aromatic rings. The van der Waals surface area contributed by atoms with Gasteiger partial charge in [-0.05, 0) is 42.5 Å². The van der Waals surface area contributed by atoms with E-state index in [0.29, 0.717) is 28.3 Å². The fraction of sp³-hybridized carbons (Fsp3) is 0.118. The van der Waals surface area contributed by atoms with Gasteiger partial charge in [-0.3, -0.25) is 14.4 Å². The minimum atomic E-state index is -0.256. The Bertz CT molecular complexity index is 767. The number of nitrogens with one attached hydrogen (secondary N) is 1. The number of fused-ring (bicyclic) bond motifs is 1. The predicted molar refractivity (Wildman–Crippen MR) is 82.2 cm³/mol. The number of carbonyl (C=O) groups excluding carboxylic acids is 3. The van der Waals surface area contributed by atoms with Crippen LogP contribution in [0.3, 0.4) is 0 Å². The second-order valence-electron chi connectivity index (χ2n) is 4.95. The number of hydrogen-bond donors (Lipinski definition) is 1. The molecular formula is C17H13NO5. The highest BCUT2D eigenvalue weighted by molar-refractivity contribution is 6.01. The van der Waals surface area contributed by atoms with Crippen molar-refractivity contribution >= 4 is 23.7 Å². The molecule has 6 heteroatoms. The molecule has 116 valence electrons. The lowest BCUT2D eigenvalue weighted by Gasteiger charge is -2.18. The maximum absolute atomic E-state index is 12.2. The highest BCUT2D eigenvalue weighted by Crippen LogP contribution is 2.28. The molecule has 1 heterocycles. The largest absolute Gasteiger partial charge is 0.485 e. The van der Waals surface area contributed by atoms with Crippen LogP contribution in [0.2, 0.25) is 0 Å². The molecule has 0 spiro atoms. The molecule has 0 radical (unpaired) electrons. The normalized spacial score (nSPS) is 12.6. The van der Waals surface area contributed by atoms with Gasteiger partial charge in [0.1, 0.15) is 17.8 Å². The molecule has 0 saturated carbocycles. The number of anilines is 1. The number of carbonyl (C=O) groups is 3. The van der Waals surface area contributed by atoms with Crippen molar-refractivity contribution in [2.75, 3.05) is 18.5 Å². The third-order valence-electron chi connectivity index (χ3n) is 3.32. The van der Waals surface area contributed by atoms with Crippen LogP contribution < -0.4 is 14.8 Å². The van der Waals surface area contributed by atoms with E-state index in [1.807, 2.05) is 0 Å². The molecule has 0 atom stereocenters. The number of ketones is 1. The second kappa shape index (κ2) is 6.31. The van der Waals surface area contributed by atoms with Crippen LogP contribution in [0, 0.1) is 0 Å².